The van der Waals surface area contributed by atoms with Gasteiger partial charge in [-0.15, -0.1) is 0 Å². The largest absolute Gasteiger partial charge is 0.496 e. The van der Waals surface area contributed by atoms with E-state index in [-0.39, 0.29) is 31.3 Å². The van der Waals surface area contributed by atoms with E-state index in [1.165, 1.54) is 18.3 Å². The maximum Gasteiger partial charge on any atom is 0.347 e. The monoisotopic (exact) mass is 878 g/mol. The lowest BCUT2D eigenvalue weighted by Crippen LogP contribution is -2.32. The van der Waals surface area contributed by atoms with Gasteiger partial charge in [0.25, 0.3) is 0 Å². The smallest absolute Gasteiger partial charge is 0.347 e. The Morgan fingerprint density at radius 1 is 1.05 bits per heavy atom. The fraction of sp³-hybridized carbons (Fsp3) is 0.268. The van der Waals surface area contributed by atoms with Gasteiger partial charge < -0.3 is 28.4 Å². The Hall–Kier alpha value is -4.99. The quantitative estimate of drug-likeness (QED) is 0.0777. The van der Waals surface area contributed by atoms with Gasteiger partial charge in [0.2, 0.25) is 12.0 Å². The highest BCUT2D eigenvalue weighted by atomic mass is 127. The summed E-state index contributed by atoms with van der Waals surface area (Å²) in [5.41, 5.74) is 3.93. The normalized spacial score (nSPS) is 14.7. The summed E-state index contributed by atoms with van der Waals surface area (Å²) in [5, 5.41) is 0.384. The molecule has 0 amide bonds. The van der Waals surface area contributed by atoms with Crippen molar-refractivity contribution in [3.05, 3.63) is 117 Å². The van der Waals surface area contributed by atoms with Crippen molar-refractivity contribution in [2.24, 2.45) is 0 Å². The lowest BCUT2D eigenvalue weighted by Gasteiger charge is -2.24. The van der Waals surface area contributed by atoms with Crippen LogP contribution in [0.5, 0.6) is 23.1 Å². The minimum Gasteiger partial charge on any atom is -0.496 e. The van der Waals surface area contributed by atoms with Gasteiger partial charge in [0.1, 0.15) is 40.3 Å². The molecule has 0 saturated carbocycles. The van der Waals surface area contributed by atoms with Crippen LogP contribution in [0, 0.1) is 9.39 Å². The molecule has 1 unspecified atom stereocenters. The van der Waals surface area contributed by atoms with Crippen molar-refractivity contribution >= 4 is 45.7 Å². The average Bonchev–Trinajstić information content (AvgIpc) is 3.47. The maximum atomic E-state index is 13.8. The van der Waals surface area contributed by atoms with Gasteiger partial charge in [-0.2, -0.15) is 0 Å². The summed E-state index contributed by atoms with van der Waals surface area (Å²) >= 11 is 9.05. The Kier molecular flexibility index (Phi) is 12.3. The molecule has 1 fully saturated rings. The van der Waals surface area contributed by atoms with E-state index < -0.39 is 18.4 Å². The molecular weight excluding hydrogens is 842 g/mol. The standard InChI is InChI=1S/C41H37ClFIN4O7/c1-3-51-41(49)33(55-40-37-36(44)35(25-11-13-27(43)14-12-25)38(42)48(37)20-19-46-40)23-26-22-29(54-34-10-6-7-21-52-34)15-16-31(26)53-24-28-17-18-45-39(47-28)30-8-4-5-9-32(30)50-2/h4-5,8-9,11-20,22,33-34H,3,6-7,10,21,23-24H2,1-2H3/t33-,34?/m1/s1. The summed E-state index contributed by atoms with van der Waals surface area (Å²) < 4.78 is 52.2. The number of carbonyl (C=O) groups excluding carboxylic acids is 1. The summed E-state index contributed by atoms with van der Waals surface area (Å²) in [4.78, 5) is 27.4. The van der Waals surface area contributed by atoms with Crippen LogP contribution in [0.1, 0.15) is 37.4 Å². The van der Waals surface area contributed by atoms with E-state index in [2.05, 4.69) is 32.6 Å². The number of nitrogens with zero attached hydrogens (tertiary/aromatic N) is 4. The molecule has 0 radical (unpaired) electrons. The number of ether oxygens (including phenoxy) is 6. The molecule has 4 heterocycles. The fourth-order valence-electron chi connectivity index (χ4n) is 6.26. The summed E-state index contributed by atoms with van der Waals surface area (Å²) in [6.45, 7) is 2.58. The Morgan fingerprint density at radius 3 is 2.67 bits per heavy atom. The summed E-state index contributed by atoms with van der Waals surface area (Å²) in [6, 6.07) is 20.8. The van der Waals surface area contributed by atoms with Gasteiger partial charge in [0, 0.05) is 42.6 Å². The van der Waals surface area contributed by atoms with Crippen LogP contribution in [0.3, 0.4) is 0 Å². The molecule has 14 heteroatoms. The first-order valence-corrected chi connectivity index (χ1v) is 19.2. The zero-order chi connectivity index (χ0) is 38.3. The minimum absolute atomic E-state index is 0.0334. The molecule has 284 valence electrons. The topological polar surface area (TPSA) is 116 Å². The van der Waals surface area contributed by atoms with E-state index in [0.29, 0.717) is 66.3 Å². The highest BCUT2D eigenvalue weighted by molar-refractivity contribution is 14.1. The zero-order valence-corrected chi connectivity index (χ0v) is 33.0. The molecule has 2 atom stereocenters. The van der Waals surface area contributed by atoms with Crippen LogP contribution in [0.15, 0.2) is 91.4 Å². The fourth-order valence-corrected chi connectivity index (χ4v) is 7.82. The van der Waals surface area contributed by atoms with E-state index >= 15 is 0 Å². The van der Waals surface area contributed by atoms with Crippen LogP contribution in [0.25, 0.3) is 28.0 Å². The third-order valence-corrected chi connectivity index (χ3v) is 10.3. The summed E-state index contributed by atoms with van der Waals surface area (Å²) in [6.07, 6.45) is 6.14. The number of rotatable bonds is 14. The molecule has 1 saturated heterocycles. The number of fused-ring (bicyclic) bond motifs is 1. The molecular formula is C41H37ClFIN4O7. The van der Waals surface area contributed by atoms with Gasteiger partial charge in [0.15, 0.2) is 12.1 Å². The first-order valence-electron chi connectivity index (χ1n) is 17.8. The highest BCUT2D eigenvalue weighted by Crippen LogP contribution is 2.40. The van der Waals surface area contributed by atoms with Crippen LogP contribution in [-0.4, -0.2) is 58.0 Å². The van der Waals surface area contributed by atoms with E-state index in [0.717, 1.165) is 24.8 Å². The van der Waals surface area contributed by atoms with Crippen molar-refractivity contribution in [2.45, 2.75) is 51.6 Å². The van der Waals surface area contributed by atoms with Crippen molar-refractivity contribution in [2.75, 3.05) is 20.3 Å². The van der Waals surface area contributed by atoms with Crippen molar-refractivity contribution in [3.8, 4) is 45.6 Å². The van der Waals surface area contributed by atoms with Crippen molar-refractivity contribution < 1.29 is 37.6 Å². The SMILES string of the molecule is CCOC(=O)[C@@H](Cc1cc(OC2CCCCO2)ccc1OCc1ccnc(-c2ccccc2OC)n1)Oc1nccn2c(Cl)c(-c3ccc(F)cc3)c(I)c12. The molecule has 7 rings (SSSR count). The van der Waals surface area contributed by atoms with Crippen LogP contribution in [0.4, 0.5) is 4.39 Å². The number of halogens is 3. The van der Waals surface area contributed by atoms with Gasteiger partial charge in [-0.3, -0.25) is 4.40 Å². The predicted octanol–water partition coefficient (Wildman–Crippen LogP) is 8.90. The second-order valence-corrected chi connectivity index (χ2v) is 14.0. The number of aromatic nitrogens is 4. The third kappa shape index (κ3) is 8.79. The first kappa shape index (κ1) is 38.3. The Labute approximate surface area is 335 Å². The molecule has 1 aliphatic rings. The van der Waals surface area contributed by atoms with Gasteiger partial charge in [-0.1, -0.05) is 35.9 Å². The molecule has 6 aromatic rings. The number of esters is 1. The lowest BCUT2D eigenvalue weighted by molar-refractivity contribution is -0.151. The Balaban J connectivity index is 1.21. The second-order valence-electron chi connectivity index (χ2n) is 12.5. The molecule has 0 N–H and O–H groups in total. The Morgan fingerprint density at radius 2 is 1.89 bits per heavy atom. The van der Waals surface area contributed by atoms with E-state index in [4.69, 9.17) is 45.0 Å². The molecule has 0 bridgehead atoms. The summed E-state index contributed by atoms with van der Waals surface area (Å²) in [7, 11) is 1.60. The molecule has 3 aromatic heterocycles. The molecule has 0 aliphatic carbocycles. The highest BCUT2D eigenvalue weighted by Gasteiger charge is 2.29. The van der Waals surface area contributed by atoms with E-state index in [9.17, 15) is 9.18 Å². The molecule has 11 nitrogen and oxygen atoms in total. The van der Waals surface area contributed by atoms with Crippen LogP contribution < -0.4 is 18.9 Å². The first-order chi connectivity index (χ1) is 26.8. The number of para-hydroxylation sites is 1. The van der Waals surface area contributed by atoms with Gasteiger partial charge in [0.05, 0.1) is 35.2 Å². The second kappa shape index (κ2) is 17.6. The number of benzene rings is 3. The number of hydrogen-bond acceptors (Lipinski definition) is 10. The molecule has 1 aliphatic heterocycles. The number of hydrogen-bond donors (Lipinski definition) is 0. The molecule has 0 spiro atoms. The van der Waals surface area contributed by atoms with Crippen molar-refractivity contribution in [3.63, 3.8) is 0 Å². The zero-order valence-electron chi connectivity index (χ0n) is 30.0. The minimum atomic E-state index is -1.16. The lowest BCUT2D eigenvalue weighted by atomic mass is 10.1. The van der Waals surface area contributed by atoms with Crippen molar-refractivity contribution in [1.82, 2.24) is 19.4 Å². The van der Waals surface area contributed by atoms with Gasteiger partial charge >= 0.3 is 5.97 Å². The third-order valence-electron chi connectivity index (χ3n) is 8.91. The van der Waals surface area contributed by atoms with Crippen LogP contribution in [-0.2, 0) is 27.3 Å². The number of carbonyl (C=O) groups is 1. The van der Waals surface area contributed by atoms with Crippen LogP contribution in [0.2, 0.25) is 5.15 Å². The van der Waals surface area contributed by atoms with E-state index in [1.807, 2.05) is 36.4 Å². The van der Waals surface area contributed by atoms with Gasteiger partial charge in [-0.25, -0.2) is 24.1 Å². The summed E-state index contributed by atoms with van der Waals surface area (Å²) in [5.74, 6) is 1.39. The van der Waals surface area contributed by atoms with Crippen molar-refractivity contribution in [1.29, 1.82) is 0 Å². The van der Waals surface area contributed by atoms with Crippen LogP contribution >= 0.6 is 34.2 Å². The van der Waals surface area contributed by atoms with E-state index in [1.54, 1.807) is 55.1 Å². The average molecular weight is 879 g/mol. The molecule has 3 aromatic carbocycles. The number of methoxy groups -OCH3 is 1. The molecule has 55 heavy (non-hydrogen) atoms. The predicted molar refractivity (Wildman–Crippen MR) is 212 cm³/mol. The Bertz CT molecular complexity index is 2280. The van der Waals surface area contributed by atoms with Gasteiger partial charge in [-0.05, 0) is 96.5 Å². The maximum absolute atomic E-state index is 13.8.